The summed E-state index contributed by atoms with van der Waals surface area (Å²) in [6.45, 7) is 2.73. The molecule has 1 aromatic heterocycles. The van der Waals surface area contributed by atoms with E-state index in [1.165, 1.54) is 10.9 Å². The van der Waals surface area contributed by atoms with E-state index in [9.17, 15) is 13.2 Å². The molecule has 1 fully saturated rings. The van der Waals surface area contributed by atoms with Crippen LogP contribution in [0, 0.1) is 0 Å². The van der Waals surface area contributed by atoms with Gasteiger partial charge in [0.2, 0.25) is 0 Å². The number of hydrogen-bond acceptors (Lipinski definition) is 2. The fourth-order valence-corrected chi connectivity index (χ4v) is 2.52. The summed E-state index contributed by atoms with van der Waals surface area (Å²) in [6.07, 6.45) is 0.596. The second-order valence-corrected chi connectivity index (χ2v) is 4.68. The Morgan fingerprint density at radius 1 is 1.39 bits per heavy atom. The maximum absolute atomic E-state index is 13.1. The third-order valence-corrected chi connectivity index (χ3v) is 3.38. The van der Waals surface area contributed by atoms with Crippen molar-refractivity contribution in [3.05, 3.63) is 17.5 Å². The fourth-order valence-electron chi connectivity index (χ4n) is 2.52. The molecule has 0 aromatic carbocycles. The molecule has 1 aliphatic carbocycles. The number of alkyl halides is 3. The van der Waals surface area contributed by atoms with Gasteiger partial charge in [0.1, 0.15) is 5.69 Å². The summed E-state index contributed by atoms with van der Waals surface area (Å²) in [6, 6.07) is -0.0861. The van der Waals surface area contributed by atoms with E-state index in [0.717, 1.165) is 25.7 Å². The van der Waals surface area contributed by atoms with Crippen LogP contribution >= 0.6 is 0 Å². The lowest BCUT2D eigenvalue weighted by molar-refractivity contribution is -0.145. The van der Waals surface area contributed by atoms with Crippen LogP contribution < -0.4 is 5.32 Å². The van der Waals surface area contributed by atoms with E-state index in [1.807, 2.05) is 6.92 Å². The standard InChI is InChI=1S/C12H18F3N3/c1-2-16-7-9-8-17-18(10-5-3-4-6-10)11(9)12(13,14)15/h8,10,16H,2-7H2,1H3. The summed E-state index contributed by atoms with van der Waals surface area (Å²) in [5.41, 5.74) is -0.327. The normalized spacial score (nSPS) is 17.6. The Labute approximate surface area is 104 Å². The second kappa shape index (κ2) is 5.30. The average molecular weight is 261 g/mol. The van der Waals surface area contributed by atoms with Crippen molar-refractivity contribution in [2.24, 2.45) is 0 Å². The highest BCUT2D eigenvalue weighted by molar-refractivity contribution is 5.21. The maximum atomic E-state index is 13.1. The molecule has 2 rings (SSSR count). The van der Waals surface area contributed by atoms with Crippen molar-refractivity contribution in [3.8, 4) is 0 Å². The van der Waals surface area contributed by atoms with Gasteiger partial charge in [0.25, 0.3) is 0 Å². The van der Waals surface area contributed by atoms with Gasteiger partial charge in [-0.2, -0.15) is 18.3 Å². The Morgan fingerprint density at radius 3 is 2.61 bits per heavy atom. The van der Waals surface area contributed by atoms with Crippen molar-refractivity contribution in [2.75, 3.05) is 6.54 Å². The molecule has 102 valence electrons. The Kier molecular flexibility index (Phi) is 3.94. The van der Waals surface area contributed by atoms with Crippen LogP contribution in [0.25, 0.3) is 0 Å². The van der Waals surface area contributed by atoms with Gasteiger partial charge in [-0.15, -0.1) is 0 Å². The highest BCUT2D eigenvalue weighted by Gasteiger charge is 2.39. The van der Waals surface area contributed by atoms with Crippen LogP contribution in [0.2, 0.25) is 0 Å². The summed E-state index contributed by atoms with van der Waals surface area (Å²) in [5, 5.41) is 6.90. The van der Waals surface area contributed by atoms with E-state index in [1.54, 1.807) is 0 Å². The molecule has 1 heterocycles. The molecule has 6 heteroatoms. The molecule has 1 N–H and O–H groups in total. The zero-order valence-electron chi connectivity index (χ0n) is 10.4. The lowest BCUT2D eigenvalue weighted by atomic mass is 10.2. The Balaban J connectivity index is 2.31. The largest absolute Gasteiger partial charge is 0.433 e. The van der Waals surface area contributed by atoms with Gasteiger partial charge in [-0.3, -0.25) is 4.68 Å². The van der Waals surface area contributed by atoms with Crippen molar-refractivity contribution < 1.29 is 13.2 Å². The highest BCUT2D eigenvalue weighted by Crippen LogP contribution is 2.37. The third-order valence-electron chi connectivity index (χ3n) is 3.38. The number of rotatable bonds is 4. The molecule has 0 bridgehead atoms. The number of aromatic nitrogens is 2. The van der Waals surface area contributed by atoms with Crippen LogP contribution in [-0.2, 0) is 12.7 Å². The first-order valence-electron chi connectivity index (χ1n) is 6.38. The van der Waals surface area contributed by atoms with Gasteiger partial charge in [0.05, 0.1) is 12.2 Å². The zero-order valence-corrected chi connectivity index (χ0v) is 10.4. The van der Waals surface area contributed by atoms with Gasteiger partial charge in [0, 0.05) is 12.1 Å². The van der Waals surface area contributed by atoms with Crippen molar-refractivity contribution in [1.29, 1.82) is 0 Å². The SMILES string of the molecule is CCNCc1cnn(C2CCCC2)c1C(F)(F)F. The van der Waals surface area contributed by atoms with E-state index >= 15 is 0 Å². The van der Waals surface area contributed by atoms with Crippen LogP contribution in [0.3, 0.4) is 0 Å². The molecule has 0 amide bonds. The first-order valence-corrected chi connectivity index (χ1v) is 6.38. The van der Waals surface area contributed by atoms with E-state index in [0.29, 0.717) is 6.54 Å². The smallest absolute Gasteiger partial charge is 0.313 e. The highest BCUT2D eigenvalue weighted by atomic mass is 19.4. The molecule has 1 aromatic rings. The second-order valence-electron chi connectivity index (χ2n) is 4.68. The molecule has 0 spiro atoms. The van der Waals surface area contributed by atoms with Gasteiger partial charge >= 0.3 is 6.18 Å². The quantitative estimate of drug-likeness (QED) is 0.902. The first-order chi connectivity index (χ1) is 8.54. The summed E-state index contributed by atoms with van der Waals surface area (Å²) in [7, 11) is 0. The fraction of sp³-hybridized carbons (Fsp3) is 0.750. The molecule has 0 aliphatic heterocycles. The van der Waals surface area contributed by atoms with Gasteiger partial charge in [0.15, 0.2) is 0 Å². The van der Waals surface area contributed by atoms with Crippen LogP contribution in [0.5, 0.6) is 0 Å². The van der Waals surface area contributed by atoms with Crippen molar-refractivity contribution in [2.45, 2.75) is 51.4 Å². The van der Waals surface area contributed by atoms with Crippen LogP contribution in [0.4, 0.5) is 13.2 Å². The van der Waals surface area contributed by atoms with E-state index in [-0.39, 0.29) is 18.2 Å². The molecule has 0 saturated heterocycles. The Morgan fingerprint density at radius 2 is 2.06 bits per heavy atom. The minimum Gasteiger partial charge on any atom is -0.313 e. The minimum absolute atomic E-state index is 0.0861. The molecule has 1 aliphatic rings. The summed E-state index contributed by atoms with van der Waals surface area (Å²) in [5.74, 6) is 0. The molecule has 0 radical (unpaired) electrons. The molecular weight excluding hydrogens is 243 g/mol. The average Bonchev–Trinajstić information content (AvgIpc) is 2.93. The molecule has 0 atom stereocenters. The first kappa shape index (κ1) is 13.4. The van der Waals surface area contributed by atoms with Gasteiger partial charge < -0.3 is 5.32 Å². The van der Waals surface area contributed by atoms with Crippen molar-refractivity contribution in [3.63, 3.8) is 0 Å². The van der Waals surface area contributed by atoms with Crippen LogP contribution in [0.1, 0.15) is 49.9 Å². The van der Waals surface area contributed by atoms with E-state index in [4.69, 9.17) is 0 Å². The van der Waals surface area contributed by atoms with E-state index in [2.05, 4.69) is 10.4 Å². The summed E-state index contributed by atoms with van der Waals surface area (Å²) >= 11 is 0. The Hall–Kier alpha value is -1.04. The van der Waals surface area contributed by atoms with Crippen LogP contribution in [0.15, 0.2) is 6.20 Å². The van der Waals surface area contributed by atoms with Gasteiger partial charge in [-0.1, -0.05) is 19.8 Å². The van der Waals surface area contributed by atoms with Crippen LogP contribution in [-0.4, -0.2) is 16.3 Å². The Bertz CT molecular complexity index is 392. The number of nitrogens with one attached hydrogen (secondary N) is 1. The lowest BCUT2D eigenvalue weighted by Crippen LogP contribution is -2.21. The van der Waals surface area contributed by atoms with Crippen molar-refractivity contribution >= 4 is 0 Å². The molecular formula is C12H18F3N3. The van der Waals surface area contributed by atoms with Gasteiger partial charge in [-0.05, 0) is 19.4 Å². The molecule has 0 unspecified atom stereocenters. The molecule has 1 saturated carbocycles. The lowest BCUT2D eigenvalue weighted by Gasteiger charge is -2.17. The van der Waals surface area contributed by atoms with Crippen molar-refractivity contribution in [1.82, 2.24) is 15.1 Å². The van der Waals surface area contributed by atoms with E-state index < -0.39 is 11.9 Å². The number of hydrogen-bond donors (Lipinski definition) is 1. The molecule has 18 heavy (non-hydrogen) atoms. The maximum Gasteiger partial charge on any atom is 0.433 e. The zero-order chi connectivity index (χ0) is 13.2. The monoisotopic (exact) mass is 261 g/mol. The topological polar surface area (TPSA) is 29.9 Å². The minimum atomic E-state index is -4.33. The number of nitrogens with zero attached hydrogens (tertiary/aromatic N) is 2. The predicted molar refractivity (Wildman–Crippen MR) is 62.1 cm³/mol. The number of halogens is 3. The summed E-state index contributed by atoms with van der Waals surface area (Å²) in [4.78, 5) is 0. The third kappa shape index (κ3) is 2.68. The molecule has 3 nitrogen and oxygen atoms in total. The van der Waals surface area contributed by atoms with Gasteiger partial charge in [-0.25, -0.2) is 0 Å². The summed E-state index contributed by atoms with van der Waals surface area (Å²) < 4.78 is 40.6. The predicted octanol–water partition coefficient (Wildman–Crippen LogP) is 3.13.